The maximum absolute atomic E-state index is 13.4. The number of amides is 1. The van der Waals surface area contributed by atoms with Gasteiger partial charge in [-0.25, -0.2) is 8.78 Å². The van der Waals surface area contributed by atoms with Gasteiger partial charge >= 0.3 is 0 Å². The number of benzene rings is 1. The van der Waals surface area contributed by atoms with Crippen molar-refractivity contribution in [3.8, 4) is 0 Å². The van der Waals surface area contributed by atoms with Gasteiger partial charge in [0.1, 0.15) is 11.6 Å². The smallest absolute Gasteiger partial charge is 0.220 e. The summed E-state index contributed by atoms with van der Waals surface area (Å²) in [5.74, 6) is -1.14. The third-order valence-electron chi connectivity index (χ3n) is 2.56. The molecule has 4 heteroatoms. The van der Waals surface area contributed by atoms with Gasteiger partial charge in [-0.2, -0.15) is 0 Å². The van der Waals surface area contributed by atoms with Crippen LogP contribution in [0.1, 0.15) is 44.7 Å². The fourth-order valence-electron chi connectivity index (χ4n) is 1.58. The van der Waals surface area contributed by atoms with E-state index in [1.54, 1.807) is 6.92 Å². The van der Waals surface area contributed by atoms with Gasteiger partial charge < -0.3 is 5.32 Å². The van der Waals surface area contributed by atoms with Crippen LogP contribution in [-0.2, 0) is 4.79 Å². The summed E-state index contributed by atoms with van der Waals surface area (Å²) in [5.41, 5.74) is 0.176. The van der Waals surface area contributed by atoms with Crippen molar-refractivity contribution in [2.24, 2.45) is 0 Å². The van der Waals surface area contributed by atoms with Crippen molar-refractivity contribution in [3.63, 3.8) is 0 Å². The SMILES string of the molecule is CCCCC(=O)NC(C)c1cc(F)ccc1F. The summed E-state index contributed by atoms with van der Waals surface area (Å²) in [6.07, 6.45) is 2.14. The number of hydrogen-bond donors (Lipinski definition) is 1. The van der Waals surface area contributed by atoms with Crippen LogP contribution >= 0.6 is 0 Å². The molecule has 94 valence electrons. The number of halogens is 2. The summed E-state index contributed by atoms with van der Waals surface area (Å²) in [4.78, 5) is 11.5. The third kappa shape index (κ3) is 4.13. The fraction of sp³-hybridized carbons (Fsp3) is 0.462. The summed E-state index contributed by atoms with van der Waals surface area (Å²) in [5, 5.41) is 2.65. The largest absolute Gasteiger partial charge is 0.349 e. The Morgan fingerprint density at radius 2 is 2.12 bits per heavy atom. The van der Waals surface area contributed by atoms with Crippen LogP contribution in [0.25, 0.3) is 0 Å². The summed E-state index contributed by atoms with van der Waals surface area (Å²) in [6, 6.07) is 2.72. The number of carbonyl (C=O) groups is 1. The predicted molar refractivity (Wildman–Crippen MR) is 62.4 cm³/mol. The monoisotopic (exact) mass is 241 g/mol. The Kier molecular flexibility index (Phi) is 5.07. The van der Waals surface area contributed by atoms with E-state index in [0.717, 1.165) is 31.0 Å². The molecule has 1 aromatic carbocycles. The normalized spacial score (nSPS) is 12.2. The highest BCUT2D eigenvalue weighted by molar-refractivity contribution is 5.76. The molecule has 1 atom stereocenters. The van der Waals surface area contributed by atoms with Crippen molar-refractivity contribution in [2.45, 2.75) is 39.2 Å². The highest BCUT2D eigenvalue weighted by atomic mass is 19.1. The summed E-state index contributed by atoms with van der Waals surface area (Å²) < 4.78 is 26.4. The van der Waals surface area contributed by atoms with Gasteiger partial charge in [-0.1, -0.05) is 13.3 Å². The zero-order valence-electron chi connectivity index (χ0n) is 10.1. The molecule has 1 N–H and O–H groups in total. The summed E-state index contributed by atoms with van der Waals surface area (Å²) in [7, 11) is 0. The van der Waals surface area contributed by atoms with Gasteiger partial charge in [0, 0.05) is 12.0 Å². The van der Waals surface area contributed by atoms with Crippen molar-refractivity contribution in [1.29, 1.82) is 0 Å². The van der Waals surface area contributed by atoms with Gasteiger partial charge in [-0.05, 0) is 31.5 Å². The molecule has 0 fully saturated rings. The molecule has 0 heterocycles. The molecule has 0 bridgehead atoms. The summed E-state index contributed by atoms with van der Waals surface area (Å²) in [6.45, 7) is 3.63. The minimum Gasteiger partial charge on any atom is -0.349 e. The molecule has 2 nitrogen and oxygen atoms in total. The van der Waals surface area contributed by atoms with E-state index in [4.69, 9.17) is 0 Å². The van der Waals surface area contributed by atoms with E-state index in [2.05, 4.69) is 5.32 Å². The van der Waals surface area contributed by atoms with Crippen LogP contribution < -0.4 is 5.32 Å². The molecular weight excluding hydrogens is 224 g/mol. The molecule has 0 aliphatic rings. The second-order valence-electron chi connectivity index (χ2n) is 4.06. The van der Waals surface area contributed by atoms with E-state index in [1.165, 1.54) is 0 Å². The molecule has 17 heavy (non-hydrogen) atoms. The molecule has 1 unspecified atom stereocenters. The molecule has 0 aliphatic heterocycles. The first-order chi connectivity index (χ1) is 8.04. The van der Waals surface area contributed by atoms with Crippen LogP contribution in [-0.4, -0.2) is 5.91 Å². The third-order valence-corrected chi connectivity index (χ3v) is 2.56. The first kappa shape index (κ1) is 13.6. The second-order valence-corrected chi connectivity index (χ2v) is 4.06. The molecule has 0 saturated heterocycles. The fourth-order valence-corrected chi connectivity index (χ4v) is 1.58. The minimum absolute atomic E-state index is 0.136. The Bertz CT molecular complexity index is 393. The van der Waals surface area contributed by atoms with Crippen molar-refractivity contribution in [2.75, 3.05) is 0 Å². The van der Waals surface area contributed by atoms with E-state index in [0.29, 0.717) is 6.42 Å². The zero-order valence-corrected chi connectivity index (χ0v) is 10.1. The average molecular weight is 241 g/mol. The predicted octanol–water partition coefficient (Wildman–Crippen LogP) is 3.33. The maximum Gasteiger partial charge on any atom is 0.220 e. The quantitative estimate of drug-likeness (QED) is 0.841. The zero-order chi connectivity index (χ0) is 12.8. The Hall–Kier alpha value is -1.45. The molecule has 0 aliphatic carbocycles. The Morgan fingerprint density at radius 1 is 1.41 bits per heavy atom. The van der Waals surface area contributed by atoms with Crippen molar-refractivity contribution >= 4 is 5.91 Å². The van der Waals surface area contributed by atoms with Crippen LogP contribution in [0.4, 0.5) is 8.78 Å². The topological polar surface area (TPSA) is 29.1 Å². The number of carbonyl (C=O) groups excluding carboxylic acids is 1. The Morgan fingerprint density at radius 3 is 2.76 bits per heavy atom. The first-order valence-corrected chi connectivity index (χ1v) is 5.79. The molecule has 0 spiro atoms. The highest BCUT2D eigenvalue weighted by Crippen LogP contribution is 2.18. The molecular formula is C13H17F2NO. The maximum atomic E-state index is 13.4. The Labute approximate surface area is 100 Å². The lowest BCUT2D eigenvalue weighted by Crippen LogP contribution is -2.27. The highest BCUT2D eigenvalue weighted by Gasteiger charge is 2.14. The molecule has 1 aromatic rings. The van der Waals surface area contributed by atoms with E-state index in [9.17, 15) is 13.6 Å². The lowest BCUT2D eigenvalue weighted by Gasteiger charge is -2.15. The standard InChI is InChI=1S/C13H17F2NO/c1-3-4-5-13(17)16-9(2)11-8-10(14)6-7-12(11)15/h6-9H,3-5H2,1-2H3,(H,16,17). The molecule has 0 aromatic heterocycles. The van der Waals surface area contributed by atoms with Gasteiger partial charge in [0.2, 0.25) is 5.91 Å². The van der Waals surface area contributed by atoms with Crippen LogP contribution in [0.3, 0.4) is 0 Å². The van der Waals surface area contributed by atoms with Gasteiger partial charge in [0.15, 0.2) is 0 Å². The molecule has 0 radical (unpaired) electrons. The molecule has 1 rings (SSSR count). The van der Waals surface area contributed by atoms with E-state index in [1.807, 2.05) is 6.92 Å². The van der Waals surface area contributed by atoms with Gasteiger partial charge in [-0.3, -0.25) is 4.79 Å². The second kappa shape index (κ2) is 6.33. The van der Waals surface area contributed by atoms with E-state index in [-0.39, 0.29) is 11.5 Å². The summed E-state index contributed by atoms with van der Waals surface area (Å²) >= 11 is 0. The van der Waals surface area contributed by atoms with Crippen LogP contribution in [0, 0.1) is 11.6 Å². The van der Waals surface area contributed by atoms with Gasteiger partial charge in [0.25, 0.3) is 0 Å². The molecule has 0 saturated carbocycles. The van der Waals surface area contributed by atoms with Crippen molar-refractivity contribution in [1.82, 2.24) is 5.32 Å². The van der Waals surface area contributed by atoms with Gasteiger partial charge in [0.05, 0.1) is 6.04 Å². The number of rotatable bonds is 5. The van der Waals surface area contributed by atoms with Crippen LogP contribution in [0.5, 0.6) is 0 Å². The van der Waals surface area contributed by atoms with Crippen LogP contribution in [0.15, 0.2) is 18.2 Å². The molecule has 1 amide bonds. The van der Waals surface area contributed by atoms with E-state index >= 15 is 0 Å². The van der Waals surface area contributed by atoms with Gasteiger partial charge in [-0.15, -0.1) is 0 Å². The number of nitrogens with one attached hydrogen (secondary N) is 1. The first-order valence-electron chi connectivity index (χ1n) is 5.79. The van der Waals surface area contributed by atoms with Crippen LogP contribution in [0.2, 0.25) is 0 Å². The average Bonchev–Trinajstić information content (AvgIpc) is 2.29. The van der Waals surface area contributed by atoms with Crippen molar-refractivity contribution in [3.05, 3.63) is 35.4 Å². The van der Waals surface area contributed by atoms with E-state index < -0.39 is 17.7 Å². The Balaban J connectivity index is 2.66. The van der Waals surface area contributed by atoms with Crippen molar-refractivity contribution < 1.29 is 13.6 Å². The number of unbranched alkanes of at least 4 members (excludes halogenated alkanes) is 1. The lowest BCUT2D eigenvalue weighted by molar-refractivity contribution is -0.121. The number of hydrogen-bond acceptors (Lipinski definition) is 1. The lowest BCUT2D eigenvalue weighted by atomic mass is 10.1. The minimum atomic E-state index is -0.518.